The van der Waals surface area contributed by atoms with Gasteiger partial charge in [-0.1, -0.05) is 0 Å². The smallest absolute Gasteiger partial charge is 0.320 e. The number of nitrogens with one attached hydrogen (secondary N) is 2. The fraction of sp³-hybridized carbons (Fsp3) is 0.381. The second kappa shape index (κ2) is 9.50. The molecule has 0 bridgehead atoms. The summed E-state index contributed by atoms with van der Waals surface area (Å²) in [4.78, 5) is 26.2. The van der Waals surface area contributed by atoms with Crippen LogP contribution in [0.1, 0.15) is 25.5 Å². The molecule has 2 N–H and O–H groups in total. The predicted molar refractivity (Wildman–Crippen MR) is 115 cm³/mol. The monoisotopic (exact) mass is 424 g/mol. The molecule has 1 saturated heterocycles. The van der Waals surface area contributed by atoms with Gasteiger partial charge in [-0.25, -0.2) is 19.4 Å². The van der Waals surface area contributed by atoms with Crippen LogP contribution in [0.2, 0.25) is 0 Å². The average Bonchev–Trinajstić information content (AvgIpc) is 3.30. The van der Waals surface area contributed by atoms with Gasteiger partial charge in [0.2, 0.25) is 5.95 Å². The normalized spacial score (nSPS) is 14.5. The summed E-state index contributed by atoms with van der Waals surface area (Å²) in [6.45, 7) is 3.90. The van der Waals surface area contributed by atoms with Crippen LogP contribution in [-0.4, -0.2) is 50.4 Å². The Bertz CT molecular complexity index is 1020. The van der Waals surface area contributed by atoms with Crippen LogP contribution < -0.4 is 15.5 Å². The van der Waals surface area contributed by atoms with Gasteiger partial charge < -0.3 is 10.2 Å². The summed E-state index contributed by atoms with van der Waals surface area (Å²) in [7, 11) is 0. The van der Waals surface area contributed by atoms with Gasteiger partial charge in [0.25, 0.3) is 0 Å². The first kappa shape index (κ1) is 20.7. The number of carbonyl (C=O) groups excluding carboxylic acids is 1. The van der Waals surface area contributed by atoms with Crippen molar-refractivity contribution in [2.45, 2.75) is 26.2 Å². The second-order valence-electron chi connectivity index (χ2n) is 7.44. The van der Waals surface area contributed by atoms with Crippen LogP contribution in [-0.2, 0) is 6.42 Å². The largest absolute Gasteiger partial charge is 0.368 e. The zero-order chi connectivity index (χ0) is 21.6. The predicted octanol–water partition coefficient (Wildman–Crippen LogP) is 2.80. The van der Waals surface area contributed by atoms with Crippen molar-refractivity contribution < 1.29 is 9.18 Å². The van der Waals surface area contributed by atoms with E-state index >= 15 is 0 Å². The Kier molecular flexibility index (Phi) is 6.34. The molecule has 0 saturated carbocycles. The molecule has 0 spiro atoms. The highest BCUT2D eigenvalue weighted by atomic mass is 19.1. The number of rotatable bonds is 6. The molecule has 0 aliphatic carbocycles. The first-order chi connectivity index (χ1) is 15.1. The van der Waals surface area contributed by atoms with Crippen molar-refractivity contribution in [3.63, 3.8) is 0 Å². The minimum atomic E-state index is -0.483. The maximum atomic E-state index is 14.6. The number of carbonyl (C=O) groups is 1. The number of halogens is 1. The molecule has 0 unspecified atom stereocenters. The summed E-state index contributed by atoms with van der Waals surface area (Å²) in [5.74, 6) is 0.895. The van der Waals surface area contributed by atoms with E-state index in [0.29, 0.717) is 29.8 Å². The molecule has 1 aliphatic heterocycles. The van der Waals surface area contributed by atoms with Crippen molar-refractivity contribution in [1.29, 1.82) is 0 Å². The SMILES string of the molecule is CCNC(=O)Nc1cc(CC2CCN(c3ccc(-n4cccn4)nc3F)CC2)ncn1. The van der Waals surface area contributed by atoms with Gasteiger partial charge in [0.1, 0.15) is 12.1 Å². The molecule has 0 radical (unpaired) electrons. The van der Waals surface area contributed by atoms with Crippen LogP contribution in [0.5, 0.6) is 0 Å². The van der Waals surface area contributed by atoms with Crippen molar-refractivity contribution in [3.8, 4) is 5.82 Å². The minimum absolute atomic E-state index is 0.283. The number of aromatic nitrogens is 5. The molecule has 1 aliphatic rings. The third kappa shape index (κ3) is 5.14. The molecule has 10 heteroatoms. The number of nitrogens with zero attached hydrogens (tertiary/aromatic N) is 6. The molecule has 0 atom stereocenters. The van der Waals surface area contributed by atoms with Crippen LogP contribution in [0.25, 0.3) is 5.82 Å². The highest BCUT2D eigenvalue weighted by Gasteiger charge is 2.23. The van der Waals surface area contributed by atoms with E-state index in [1.54, 1.807) is 36.7 Å². The Balaban J connectivity index is 1.33. The first-order valence-corrected chi connectivity index (χ1v) is 10.4. The van der Waals surface area contributed by atoms with Gasteiger partial charge in [0.05, 0.1) is 5.69 Å². The number of hydrogen-bond donors (Lipinski definition) is 2. The number of hydrogen-bond acceptors (Lipinski definition) is 6. The number of piperidine rings is 1. The maximum Gasteiger partial charge on any atom is 0.320 e. The van der Waals surface area contributed by atoms with Crippen molar-refractivity contribution in [3.05, 3.63) is 54.6 Å². The molecule has 9 nitrogen and oxygen atoms in total. The van der Waals surface area contributed by atoms with E-state index in [4.69, 9.17) is 0 Å². The molecular weight excluding hydrogens is 399 g/mol. The van der Waals surface area contributed by atoms with Gasteiger partial charge in [0.15, 0.2) is 5.82 Å². The van der Waals surface area contributed by atoms with Gasteiger partial charge in [-0.05, 0) is 50.3 Å². The van der Waals surface area contributed by atoms with Crippen LogP contribution in [0.3, 0.4) is 0 Å². The van der Waals surface area contributed by atoms with Gasteiger partial charge in [0, 0.05) is 43.8 Å². The fourth-order valence-electron chi connectivity index (χ4n) is 3.76. The summed E-state index contributed by atoms with van der Waals surface area (Å²) < 4.78 is 16.2. The van der Waals surface area contributed by atoms with Gasteiger partial charge >= 0.3 is 6.03 Å². The molecule has 4 rings (SSSR count). The molecule has 1 fully saturated rings. The lowest BCUT2D eigenvalue weighted by atomic mass is 9.92. The van der Waals surface area contributed by atoms with Crippen LogP contribution >= 0.6 is 0 Å². The summed E-state index contributed by atoms with van der Waals surface area (Å²) in [6.07, 6.45) is 7.46. The third-order valence-electron chi connectivity index (χ3n) is 5.31. The van der Waals surface area contributed by atoms with Gasteiger partial charge in [-0.15, -0.1) is 0 Å². The van der Waals surface area contributed by atoms with Crippen LogP contribution in [0.4, 0.5) is 20.7 Å². The molecule has 3 aromatic rings. The highest BCUT2D eigenvalue weighted by molar-refractivity contribution is 5.88. The lowest BCUT2D eigenvalue weighted by molar-refractivity contribution is 0.252. The summed E-state index contributed by atoms with van der Waals surface area (Å²) in [5.41, 5.74) is 1.40. The van der Waals surface area contributed by atoms with E-state index in [0.717, 1.165) is 38.0 Å². The molecule has 3 aromatic heterocycles. The lowest BCUT2D eigenvalue weighted by Crippen LogP contribution is -2.35. The lowest BCUT2D eigenvalue weighted by Gasteiger charge is -2.33. The number of urea groups is 1. The zero-order valence-corrected chi connectivity index (χ0v) is 17.3. The van der Waals surface area contributed by atoms with Crippen molar-refractivity contribution in [2.75, 3.05) is 29.9 Å². The van der Waals surface area contributed by atoms with Crippen LogP contribution in [0, 0.1) is 11.9 Å². The van der Waals surface area contributed by atoms with Crippen molar-refractivity contribution in [2.24, 2.45) is 5.92 Å². The van der Waals surface area contributed by atoms with E-state index in [9.17, 15) is 9.18 Å². The Hall–Kier alpha value is -3.56. The topological polar surface area (TPSA) is 101 Å². The Morgan fingerprint density at radius 3 is 2.81 bits per heavy atom. The Morgan fingerprint density at radius 1 is 1.26 bits per heavy atom. The average molecular weight is 424 g/mol. The second-order valence-corrected chi connectivity index (χ2v) is 7.44. The standard InChI is InChI=1S/C21H25FN8O/c1-2-23-21(31)27-18-13-16(24-14-25-18)12-15-6-10-29(11-7-15)17-4-5-19(28-20(17)22)30-9-3-8-26-30/h3-5,8-9,13-15H,2,6-7,10-12H2,1H3,(H2,23,24,25,27,31). The van der Waals surface area contributed by atoms with E-state index < -0.39 is 5.95 Å². The number of anilines is 2. The first-order valence-electron chi connectivity index (χ1n) is 10.4. The van der Waals surface area contributed by atoms with E-state index in [1.807, 2.05) is 11.8 Å². The molecule has 162 valence electrons. The van der Waals surface area contributed by atoms with Crippen molar-refractivity contribution in [1.82, 2.24) is 30.0 Å². The Labute approximate surface area is 179 Å². The molecule has 2 amide bonds. The number of amides is 2. The summed E-state index contributed by atoms with van der Waals surface area (Å²) in [6, 6.07) is 6.84. The molecule has 31 heavy (non-hydrogen) atoms. The summed E-state index contributed by atoms with van der Waals surface area (Å²) in [5, 5.41) is 9.47. The van der Waals surface area contributed by atoms with Crippen molar-refractivity contribution >= 4 is 17.5 Å². The highest BCUT2D eigenvalue weighted by Crippen LogP contribution is 2.27. The zero-order valence-electron chi connectivity index (χ0n) is 17.3. The summed E-state index contributed by atoms with van der Waals surface area (Å²) >= 11 is 0. The van der Waals surface area contributed by atoms with E-state index in [1.165, 1.54) is 11.0 Å². The maximum absolute atomic E-state index is 14.6. The quantitative estimate of drug-likeness (QED) is 0.590. The minimum Gasteiger partial charge on any atom is -0.368 e. The number of pyridine rings is 1. The molecule has 4 heterocycles. The van der Waals surface area contributed by atoms with Gasteiger partial charge in [-0.2, -0.15) is 14.5 Å². The fourth-order valence-corrected chi connectivity index (χ4v) is 3.76. The Morgan fingerprint density at radius 2 is 2.10 bits per heavy atom. The molecule has 0 aromatic carbocycles. The van der Waals surface area contributed by atoms with E-state index in [-0.39, 0.29) is 6.03 Å². The molecular formula is C21H25FN8O. The third-order valence-corrected chi connectivity index (χ3v) is 5.31. The van der Waals surface area contributed by atoms with Crippen LogP contribution in [0.15, 0.2) is 43.0 Å². The van der Waals surface area contributed by atoms with E-state index in [2.05, 4.69) is 30.7 Å². The van der Waals surface area contributed by atoms with Gasteiger partial charge in [-0.3, -0.25) is 5.32 Å².